The van der Waals surface area contributed by atoms with Crippen LogP contribution in [0.25, 0.3) is 8.79 Å². The molecule has 0 N–H and O–H groups in total. The van der Waals surface area contributed by atoms with Crippen LogP contribution in [0.15, 0.2) is 28.3 Å². The molecule has 0 radical (unpaired) electrons. The molecule has 0 bridgehead atoms. The van der Waals surface area contributed by atoms with Crippen molar-refractivity contribution in [1.29, 1.82) is 0 Å². The van der Waals surface area contributed by atoms with Gasteiger partial charge in [0.1, 0.15) is 0 Å². The molecule has 2 heteroatoms. The zero-order valence-electron chi connectivity index (χ0n) is 8.49. The number of hydrogen-bond acceptors (Lipinski definition) is 1. The Bertz CT molecular complexity index is 419. The van der Waals surface area contributed by atoms with Gasteiger partial charge in [0.05, 0.1) is 0 Å². The van der Waals surface area contributed by atoms with Crippen molar-refractivity contribution in [3.8, 4) is 5.75 Å². The monoisotopic (exact) mass is 304 g/mol. The molecule has 1 unspecified atom stereocenters. The van der Waals surface area contributed by atoms with E-state index in [9.17, 15) is 0 Å². The van der Waals surface area contributed by atoms with Crippen molar-refractivity contribution in [1.82, 2.24) is 0 Å². The first-order chi connectivity index (χ1) is 6.81. The summed E-state index contributed by atoms with van der Waals surface area (Å²) in [5, 5.41) is 1.37. The van der Waals surface area contributed by atoms with Crippen molar-refractivity contribution in [3.63, 3.8) is 0 Å². The van der Waals surface area contributed by atoms with Gasteiger partial charge in [-0.1, -0.05) is 0 Å². The molecule has 0 amide bonds. The zero-order chi connectivity index (χ0) is 9.97. The summed E-state index contributed by atoms with van der Waals surface area (Å²) in [6.07, 6.45) is 1.40. The average molecular weight is 302 g/mol. The van der Waals surface area contributed by atoms with E-state index in [1.165, 1.54) is 8.79 Å². The summed E-state index contributed by atoms with van der Waals surface area (Å²) >= 11 is -0.116. The number of hydrogen-bond donors (Lipinski definition) is 0. The molecule has 0 saturated carbocycles. The van der Waals surface area contributed by atoms with Gasteiger partial charge in [0.15, 0.2) is 0 Å². The molecule has 0 fully saturated rings. The molecule has 0 saturated heterocycles. The molecule has 1 aromatic heterocycles. The quantitative estimate of drug-likeness (QED) is 0.792. The summed E-state index contributed by atoms with van der Waals surface area (Å²) in [6, 6.07) is 8.58. The third kappa shape index (κ3) is 1.97. The normalized spacial score (nSPS) is 13.0. The Kier molecular flexibility index (Phi) is 3.15. The zero-order valence-corrected chi connectivity index (χ0v) is 10.8. The van der Waals surface area contributed by atoms with Gasteiger partial charge in [-0.2, -0.15) is 0 Å². The van der Waals surface area contributed by atoms with Gasteiger partial charge >= 0.3 is 94.4 Å². The Morgan fingerprint density at radius 2 is 2.21 bits per heavy atom. The molecule has 74 valence electrons. The Labute approximate surface area is 94.3 Å². The van der Waals surface area contributed by atoms with Gasteiger partial charge in [-0.25, -0.2) is 0 Å². The predicted octanol–water partition coefficient (Wildman–Crippen LogP) is 3.07. The fourth-order valence-electron chi connectivity index (χ4n) is 1.36. The first-order valence-electron chi connectivity index (χ1n) is 4.94. The standard InChI is InChI=1S/C12H14OTe/c1-3-9(2)13-11-6-4-5-10-7-8-14-12(10)11/h4-9H,3H2,1-2H3. The maximum atomic E-state index is 5.90. The summed E-state index contributed by atoms with van der Waals surface area (Å²) < 4.78 is 9.69. The van der Waals surface area contributed by atoms with E-state index >= 15 is 0 Å². The van der Waals surface area contributed by atoms with Crippen LogP contribution in [-0.4, -0.2) is 26.5 Å². The Balaban J connectivity index is 2.36. The van der Waals surface area contributed by atoms with Crippen molar-refractivity contribution in [2.24, 2.45) is 0 Å². The molecule has 1 heterocycles. The summed E-state index contributed by atoms with van der Waals surface area (Å²) in [4.78, 5) is 0. The molecular weight excluding hydrogens is 288 g/mol. The van der Waals surface area contributed by atoms with Crippen LogP contribution < -0.4 is 4.74 Å². The van der Waals surface area contributed by atoms with E-state index in [0.29, 0.717) is 6.10 Å². The van der Waals surface area contributed by atoms with Gasteiger partial charge in [-0.15, -0.1) is 0 Å². The van der Waals surface area contributed by atoms with Gasteiger partial charge in [-0.3, -0.25) is 0 Å². The summed E-state index contributed by atoms with van der Waals surface area (Å²) in [5.41, 5.74) is 0. The second-order valence-electron chi connectivity index (χ2n) is 3.43. The molecule has 14 heavy (non-hydrogen) atoms. The molecule has 0 aliphatic rings. The van der Waals surface area contributed by atoms with Crippen LogP contribution in [0.5, 0.6) is 5.75 Å². The molecule has 0 aliphatic heterocycles. The van der Waals surface area contributed by atoms with Gasteiger partial charge in [0, 0.05) is 0 Å². The minimum absolute atomic E-state index is 0.116. The summed E-state index contributed by atoms with van der Waals surface area (Å²) in [7, 11) is 0. The van der Waals surface area contributed by atoms with Crippen molar-refractivity contribution < 1.29 is 4.74 Å². The molecule has 0 aliphatic carbocycles. The Hall–Kier alpha value is -0.450. The molecule has 1 atom stereocenters. The predicted molar refractivity (Wildman–Crippen MR) is 61.3 cm³/mol. The van der Waals surface area contributed by atoms with Crippen LogP contribution in [-0.2, 0) is 0 Å². The van der Waals surface area contributed by atoms with E-state index in [4.69, 9.17) is 4.74 Å². The van der Waals surface area contributed by atoms with Gasteiger partial charge in [-0.05, 0) is 0 Å². The first-order valence-corrected chi connectivity index (χ1v) is 7.45. The van der Waals surface area contributed by atoms with E-state index in [1.54, 1.807) is 0 Å². The van der Waals surface area contributed by atoms with Crippen molar-refractivity contribution >= 4 is 29.2 Å². The number of ether oxygens (including phenoxy) is 1. The van der Waals surface area contributed by atoms with Crippen molar-refractivity contribution in [3.05, 3.63) is 28.3 Å². The first kappa shape index (κ1) is 10.1. The second kappa shape index (κ2) is 4.38. The van der Waals surface area contributed by atoms with Gasteiger partial charge < -0.3 is 0 Å². The van der Waals surface area contributed by atoms with Crippen LogP contribution in [0.4, 0.5) is 0 Å². The van der Waals surface area contributed by atoms with Crippen LogP contribution in [0.2, 0.25) is 0 Å². The number of rotatable bonds is 3. The maximum absolute atomic E-state index is 5.90. The number of fused-ring (bicyclic) bond motifs is 1. The fourth-order valence-corrected chi connectivity index (χ4v) is 3.80. The number of benzene rings is 1. The fraction of sp³-hybridized carbons (Fsp3) is 0.333. The minimum atomic E-state index is -0.116. The third-order valence-electron chi connectivity index (χ3n) is 2.35. The SMILES string of the molecule is CCC(C)Oc1cccc2cc[te]c12. The van der Waals surface area contributed by atoms with Crippen molar-refractivity contribution in [2.45, 2.75) is 26.4 Å². The van der Waals surface area contributed by atoms with E-state index < -0.39 is 0 Å². The summed E-state index contributed by atoms with van der Waals surface area (Å²) in [5.74, 6) is 1.12. The van der Waals surface area contributed by atoms with Crippen LogP contribution in [0.1, 0.15) is 20.3 Å². The van der Waals surface area contributed by atoms with E-state index in [2.05, 4.69) is 42.2 Å². The molecule has 0 spiro atoms. The van der Waals surface area contributed by atoms with E-state index in [0.717, 1.165) is 12.2 Å². The van der Waals surface area contributed by atoms with Gasteiger partial charge in [0.25, 0.3) is 0 Å². The van der Waals surface area contributed by atoms with Crippen LogP contribution >= 0.6 is 0 Å². The van der Waals surface area contributed by atoms with E-state index in [-0.39, 0.29) is 20.4 Å². The Morgan fingerprint density at radius 3 is 3.00 bits per heavy atom. The summed E-state index contributed by atoms with van der Waals surface area (Å²) in [6.45, 7) is 4.28. The van der Waals surface area contributed by atoms with Crippen LogP contribution in [0.3, 0.4) is 0 Å². The third-order valence-corrected chi connectivity index (χ3v) is 5.04. The molecule has 1 aromatic carbocycles. The van der Waals surface area contributed by atoms with Crippen molar-refractivity contribution in [2.75, 3.05) is 0 Å². The molecular formula is C12H14OTe. The second-order valence-corrected chi connectivity index (χ2v) is 6.05. The van der Waals surface area contributed by atoms with Crippen LogP contribution in [0, 0.1) is 0 Å². The van der Waals surface area contributed by atoms with E-state index in [1.807, 2.05) is 0 Å². The topological polar surface area (TPSA) is 9.23 Å². The average Bonchev–Trinajstić information content (AvgIpc) is 2.66. The molecule has 2 rings (SSSR count). The molecule has 2 aromatic rings. The van der Waals surface area contributed by atoms with Gasteiger partial charge in [0.2, 0.25) is 0 Å². The molecule has 1 nitrogen and oxygen atoms in total. The Morgan fingerprint density at radius 1 is 1.36 bits per heavy atom.